The molecule has 0 fully saturated rings. The normalized spacial score (nSPS) is 11.5. The number of hydrogen-bond donors (Lipinski definition) is 0. The minimum Gasteiger partial charge on any atom is -0.236 e. The molecule has 16 heavy (non-hydrogen) atoms. The number of aliphatic imine (C=N–C) groups is 1. The molecular formula is C13H9BrClN. The molecule has 0 aliphatic rings. The van der Waals surface area contributed by atoms with Crippen molar-refractivity contribution in [3.63, 3.8) is 0 Å². The molecule has 0 saturated carbocycles. The maximum absolute atomic E-state index is 6.12. The summed E-state index contributed by atoms with van der Waals surface area (Å²) in [5.41, 5.74) is 1.77. The molecule has 0 aliphatic carbocycles. The number of rotatable bonds is 2. The fourth-order valence-corrected chi connectivity index (χ4v) is 1.76. The van der Waals surface area contributed by atoms with Crippen molar-refractivity contribution in [2.45, 2.75) is 0 Å². The standard InChI is InChI=1S/C13H9BrClN/c14-11-6-8-12(9-7-11)16-13(15)10-4-2-1-3-5-10/h1-9H. The van der Waals surface area contributed by atoms with E-state index in [9.17, 15) is 0 Å². The first-order valence-corrected chi connectivity index (χ1v) is 5.98. The van der Waals surface area contributed by atoms with Crippen molar-refractivity contribution in [2.75, 3.05) is 0 Å². The van der Waals surface area contributed by atoms with Crippen molar-refractivity contribution in [1.29, 1.82) is 0 Å². The van der Waals surface area contributed by atoms with Gasteiger partial charge < -0.3 is 0 Å². The van der Waals surface area contributed by atoms with Gasteiger partial charge in [0.2, 0.25) is 0 Å². The predicted octanol–water partition coefficient (Wildman–Crippen LogP) is 4.77. The van der Waals surface area contributed by atoms with Crippen molar-refractivity contribution in [3.8, 4) is 0 Å². The van der Waals surface area contributed by atoms with E-state index < -0.39 is 0 Å². The third kappa shape index (κ3) is 2.94. The van der Waals surface area contributed by atoms with Crippen LogP contribution in [-0.2, 0) is 0 Å². The minimum absolute atomic E-state index is 0.503. The molecule has 2 aromatic carbocycles. The van der Waals surface area contributed by atoms with Gasteiger partial charge in [-0.3, -0.25) is 0 Å². The SMILES string of the molecule is ClC(=Nc1ccc(Br)cc1)c1ccccc1. The van der Waals surface area contributed by atoms with Crippen molar-refractivity contribution in [2.24, 2.45) is 4.99 Å². The van der Waals surface area contributed by atoms with Crippen LogP contribution in [0.1, 0.15) is 5.56 Å². The Morgan fingerprint density at radius 1 is 0.938 bits per heavy atom. The van der Waals surface area contributed by atoms with Gasteiger partial charge in [0.05, 0.1) is 5.69 Å². The Hall–Kier alpha value is -1.12. The highest BCUT2D eigenvalue weighted by molar-refractivity contribution is 9.10. The van der Waals surface area contributed by atoms with Crippen molar-refractivity contribution >= 4 is 38.4 Å². The lowest BCUT2D eigenvalue weighted by Crippen LogP contribution is -1.88. The molecular weight excluding hydrogens is 286 g/mol. The highest BCUT2D eigenvalue weighted by Crippen LogP contribution is 2.19. The monoisotopic (exact) mass is 293 g/mol. The quantitative estimate of drug-likeness (QED) is 0.708. The van der Waals surface area contributed by atoms with Crippen LogP contribution in [0.5, 0.6) is 0 Å². The molecule has 1 nitrogen and oxygen atoms in total. The molecule has 0 saturated heterocycles. The smallest absolute Gasteiger partial charge is 0.136 e. The maximum atomic E-state index is 6.12. The van der Waals surface area contributed by atoms with E-state index in [4.69, 9.17) is 11.6 Å². The second kappa shape index (κ2) is 5.28. The first-order chi connectivity index (χ1) is 7.75. The van der Waals surface area contributed by atoms with E-state index in [1.54, 1.807) is 0 Å². The summed E-state index contributed by atoms with van der Waals surface area (Å²) in [7, 11) is 0. The molecule has 0 heterocycles. The first-order valence-electron chi connectivity index (χ1n) is 4.81. The Morgan fingerprint density at radius 2 is 1.56 bits per heavy atom. The summed E-state index contributed by atoms with van der Waals surface area (Å²) < 4.78 is 1.03. The van der Waals surface area contributed by atoms with Gasteiger partial charge in [0.1, 0.15) is 5.17 Å². The minimum atomic E-state index is 0.503. The van der Waals surface area contributed by atoms with E-state index in [1.165, 1.54) is 0 Å². The van der Waals surface area contributed by atoms with E-state index >= 15 is 0 Å². The van der Waals surface area contributed by atoms with Gasteiger partial charge in [0.15, 0.2) is 0 Å². The lowest BCUT2D eigenvalue weighted by molar-refractivity contribution is 1.50. The van der Waals surface area contributed by atoms with Crippen LogP contribution < -0.4 is 0 Å². The van der Waals surface area contributed by atoms with E-state index in [2.05, 4.69) is 20.9 Å². The van der Waals surface area contributed by atoms with Crippen LogP contribution in [0.25, 0.3) is 0 Å². The maximum Gasteiger partial charge on any atom is 0.136 e. The molecule has 0 bridgehead atoms. The van der Waals surface area contributed by atoms with Crippen LogP contribution in [0.2, 0.25) is 0 Å². The fourth-order valence-electron chi connectivity index (χ4n) is 1.27. The first kappa shape index (κ1) is 11.4. The third-order valence-corrected chi connectivity index (χ3v) is 2.90. The lowest BCUT2D eigenvalue weighted by Gasteiger charge is -1.98. The van der Waals surface area contributed by atoms with Crippen molar-refractivity contribution in [1.82, 2.24) is 0 Å². The molecule has 2 rings (SSSR count). The summed E-state index contributed by atoms with van der Waals surface area (Å²) in [6.45, 7) is 0. The topological polar surface area (TPSA) is 12.4 Å². The summed E-state index contributed by atoms with van der Waals surface area (Å²) in [5.74, 6) is 0. The molecule has 2 aromatic rings. The van der Waals surface area contributed by atoms with Gasteiger partial charge in [-0.1, -0.05) is 57.9 Å². The Balaban J connectivity index is 2.28. The largest absolute Gasteiger partial charge is 0.236 e. The molecule has 3 heteroatoms. The Labute approximate surface area is 108 Å². The van der Waals surface area contributed by atoms with E-state index in [-0.39, 0.29) is 0 Å². The third-order valence-electron chi connectivity index (χ3n) is 2.07. The molecule has 0 amide bonds. The number of benzene rings is 2. The van der Waals surface area contributed by atoms with Gasteiger partial charge in [-0.05, 0) is 24.3 Å². The lowest BCUT2D eigenvalue weighted by atomic mass is 10.2. The zero-order valence-corrected chi connectivity index (χ0v) is 10.7. The van der Waals surface area contributed by atoms with Gasteiger partial charge in [-0.15, -0.1) is 0 Å². The van der Waals surface area contributed by atoms with Gasteiger partial charge in [-0.2, -0.15) is 0 Å². The van der Waals surface area contributed by atoms with E-state index in [1.807, 2.05) is 54.6 Å². The van der Waals surface area contributed by atoms with Crippen LogP contribution in [0.15, 0.2) is 64.1 Å². The Kier molecular flexibility index (Phi) is 3.75. The Morgan fingerprint density at radius 3 is 2.19 bits per heavy atom. The number of halogens is 2. The average Bonchev–Trinajstić information content (AvgIpc) is 2.33. The summed E-state index contributed by atoms with van der Waals surface area (Å²) in [4.78, 5) is 4.33. The highest BCUT2D eigenvalue weighted by Gasteiger charge is 1.98. The van der Waals surface area contributed by atoms with Crippen molar-refractivity contribution in [3.05, 3.63) is 64.6 Å². The van der Waals surface area contributed by atoms with E-state index in [0.29, 0.717) is 5.17 Å². The van der Waals surface area contributed by atoms with E-state index in [0.717, 1.165) is 15.7 Å². The molecule has 0 spiro atoms. The van der Waals surface area contributed by atoms with Crippen molar-refractivity contribution < 1.29 is 0 Å². The second-order valence-corrected chi connectivity index (χ2v) is 4.52. The van der Waals surface area contributed by atoms with Crippen LogP contribution in [0.3, 0.4) is 0 Å². The molecule has 80 valence electrons. The molecule has 0 radical (unpaired) electrons. The zero-order chi connectivity index (χ0) is 11.4. The van der Waals surface area contributed by atoms with Gasteiger partial charge in [0, 0.05) is 10.0 Å². The predicted molar refractivity (Wildman–Crippen MR) is 72.6 cm³/mol. The fraction of sp³-hybridized carbons (Fsp3) is 0. The van der Waals surface area contributed by atoms with Crippen LogP contribution >= 0.6 is 27.5 Å². The van der Waals surface area contributed by atoms with Gasteiger partial charge in [-0.25, -0.2) is 4.99 Å². The van der Waals surface area contributed by atoms with Gasteiger partial charge in [0.25, 0.3) is 0 Å². The Bertz CT molecular complexity index is 491. The summed E-state index contributed by atoms with van der Waals surface area (Å²) in [6, 6.07) is 17.4. The number of hydrogen-bond acceptors (Lipinski definition) is 1. The summed E-state index contributed by atoms with van der Waals surface area (Å²) >= 11 is 9.49. The average molecular weight is 295 g/mol. The summed E-state index contributed by atoms with van der Waals surface area (Å²) in [5, 5.41) is 0.503. The molecule has 0 aliphatic heterocycles. The summed E-state index contributed by atoms with van der Waals surface area (Å²) in [6.07, 6.45) is 0. The number of nitrogens with zero attached hydrogens (tertiary/aromatic N) is 1. The zero-order valence-electron chi connectivity index (χ0n) is 8.40. The molecule has 0 N–H and O–H groups in total. The van der Waals surface area contributed by atoms with Crippen LogP contribution in [-0.4, -0.2) is 5.17 Å². The second-order valence-electron chi connectivity index (χ2n) is 3.25. The van der Waals surface area contributed by atoms with Crippen LogP contribution in [0.4, 0.5) is 5.69 Å². The molecule has 0 atom stereocenters. The van der Waals surface area contributed by atoms with Gasteiger partial charge >= 0.3 is 0 Å². The molecule has 0 unspecified atom stereocenters. The van der Waals surface area contributed by atoms with Crippen LogP contribution in [0, 0.1) is 0 Å². The molecule has 0 aromatic heterocycles. The highest BCUT2D eigenvalue weighted by atomic mass is 79.9.